The average molecular weight is 542 g/mol. The smallest absolute Gasteiger partial charge is 0.302 e. The first-order valence-corrected chi connectivity index (χ1v) is 9.06. The summed E-state index contributed by atoms with van der Waals surface area (Å²) in [6.45, 7) is 1.69. The minimum absolute atomic E-state index is 0.00125. The molecule has 1 saturated carbocycles. The molecule has 1 fully saturated rings. The number of carbonyl (C=O) groups excluding carboxylic acids is 1. The van der Waals surface area contributed by atoms with E-state index in [1.807, 2.05) is 0 Å². The Morgan fingerprint density at radius 3 is 2.20 bits per heavy atom. The second kappa shape index (κ2) is 5.60. The summed E-state index contributed by atoms with van der Waals surface area (Å²) in [5.41, 5.74) is 0. The van der Waals surface area contributed by atoms with Gasteiger partial charge in [-0.05, 0) is 6.42 Å². The number of ether oxygens (including phenoxy) is 3. The van der Waals surface area contributed by atoms with Crippen LogP contribution in [-0.4, -0.2) is 41.2 Å². The molecule has 0 radical (unpaired) electrons. The Morgan fingerprint density at radius 2 is 1.80 bits per heavy atom. The fourth-order valence-corrected chi connectivity index (χ4v) is 8.00. The van der Waals surface area contributed by atoms with Crippen molar-refractivity contribution in [1.82, 2.24) is 0 Å². The Morgan fingerprint density at radius 1 is 1.25 bits per heavy atom. The molecular formula is C12H14Br4O4. The van der Waals surface area contributed by atoms with Gasteiger partial charge in [-0.1, -0.05) is 63.7 Å². The maximum absolute atomic E-state index is 11.1. The van der Waals surface area contributed by atoms with Gasteiger partial charge in [-0.2, -0.15) is 0 Å². The molecule has 0 unspecified atom stereocenters. The lowest BCUT2D eigenvalue weighted by atomic mass is 9.93. The van der Waals surface area contributed by atoms with Gasteiger partial charge in [-0.25, -0.2) is 0 Å². The second-order valence-corrected chi connectivity index (χ2v) is 9.06. The summed E-state index contributed by atoms with van der Waals surface area (Å²) in [6, 6.07) is 0. The molecule has 0 saturated heterocycles. The SMILES string of the molecule is COC1(OC)[C@@]2(Br)C[C@H](COC(C)=O)[C@]1(Br)C(Br)=C2Br. The van der Waals surface area contributed by atoms with E-state index in [0.29, 0.717) is 6.42 Å². The number of fused-ring (bicyclic) bond motifs is 2. The van der Waals surface area contributed by atoms with Crippen LogP contribution >= 0.6 is 63.7 Å². The van der Waals surface area contributed by atoms with Gasteiger partial charge in [-0.3, -0.25) is 4.79 Å². The molecule has 0 aromatic carbocycles. The van der Waals surface area contributed by atoms with E-state index >= 15 is 0 Å². The van der Waals surface area contributed by atoms with E-state index in [1.165, 1.54) is 6.92 Å². The van der Waals surface area contributed by atoms with E-state index in [-0.39, 0.29) is 18.5 Å². The molecule has 0 aromatic rings. The van der Waals surface area contributed by atoms with Crippen LogP contribution in [-0.2, 0) is 19.0 Å². The first-order valence-electron chi connectivity index (χ1n) is 5.89. The predicted molar refractivity (Wildman–Crippen MR) is 89.7 cm³/mol. The van der Waals surface area contributed by atoms with Gasteiger partial charge in [-0.15, -0.1) is 0 Å². The predicted octanol–water partition coefficient (Wildman–Crippen LogP) is 3.84. The minimum Gasteiger partial charge on any atom is -0.466 e. The van der Waals surface area contributed by atoms with E-state index < -0.39 is 14.4 Å². The molecule has 2 bridgehead atoms. The molecule has 0 aromatic heterocycles. The van der Waals surface area contributed by atoms with Crippen LogP contribution in [0.15, 0.2) is 8.96 Å². The van der Waals surface area contributed by atoms with E-state index in [9.17, 15) is 4.79 Å². The molecule has 2 aliphatic carbocycles. The van der Waals surface area contributed by atoms with Crippen molar-refractivity contribution in [3.8, 4) is 0 Å². The van der Waals surface area contributed by atoms with Crippen molar-refractivity contribution in [3.05, 3.63) is 8.96 Å². The third kappa shape index (κ3) is 1.91. The van der Waals surface area contributed by atoms with Crippen molar-refractivity contribution in [2.75, 3.05) is 20.8 Å². The highest BCUT2D eigenvalue weighted by molar-refractivity contribution is 9.16. The zero-order chi connectivity index (χ0) is 15.3. The number of rotatable bonds is 4. The van der Waals surface area contributed by atoms with Gasteiger partial charge < -0.3 is 14.2 Å². The minimum atomic E-state index is -0.942. The van der Waals surface area contributed by atoms with Crippen molar-refractivity contribution < 1.29 is 19.0 Å². The number of hydrogen-bond acceptors (Lipinski definition) is 4. The first kappa shape index (κ1) is 17.4. The molecule has 3 atom stereocenters. The number of esters is 1. The highest BCUT2D eigenvalue weighted by Gasteiger charge is 2.79. The Bertz CT molecular complexity index is 476. The van der Waals surface area contributed by atoms with Crippen molar-refractivity contribution in [2.24, 2.45) is 5.92 Å². The molecular weight excluding hydrogens is 528 g/mol. The molecule has 2 rings (SSSR count). The molecule has 0 amide bonds. The van der Waals surface area contributed by atoms with Crippen molar-refractivity contribution >= 4 is 69.7 Å². The summed E-state index contributed by atoms with van der Waals surface area (Å²) in [7, 11) is 3.21. The lowest BCUT2D eigenvalue weighted by Crippen LogP contribution is -2.56. The maximum Gasteiger partial charge on any atom is 0.302 e. The fraction of sp³-hybridized carbons (Fsp3) is 0.750. The Balaban J connectivity index is 2.48. The summed E-state index contributed by atoms with van der Waals surface area (Å²) < 4.78 is 17.4. The Labute approximate surface area is 151 Å². The molecule has 8 heteroatoms. The van der Waals surface area contributed by atoms with Gasteiger partial charge in [0.05, 0.1) is 6.61 Å². The molecule has 0 heterocycles. The van der Waals surface area contributed by atoms with Gasteiger partial charge in [0.1, 0.15) is 8.65 Å². The summed E-state index contributed by atoms with van der Waals surface area (Å²) in [4.78, 5) is 11.1. The molecule has 0 aliphatic heterocycles. The number of methoxy groups -OCH3 is 2. The van der Waals surface area contributed by atoms with Crippen LogP contribution in [0.1, 0.15) is 13.3 Å². The van der Waals surface area contributed by atoms with Crippen LogP contribution in [0.2, 0.25) is 0 Å². The normalized spacial score (nSPS) is 38.5. The topological polar surface area (TPSA) is 44.8 Å². The third-order valence-electron chi connectivity index (χ3n) is 4.01. The van der Waals surface area contributed by atoms with E-state index in [2.05, 4.69) is 63.7 Å². The van der Waals surface area contributed by atoms with E-state index in [0.717, 1.165) is 8.96 Å². The zero-order valence-electron chi connectivity index (χ0n) is 11.1. The first-order chi connectivity index (χ1) is 9.21. The van der Waals surface area contributed by atoms with Crippen molar-refractivity contribution in [3.63, 3.8) is 0 Å². The number of alkyl halides is 2. The summed E-state index contributed by atoms with van der Waals surface area (Å²) in [5.74, 6) is -1.24. The van der Waals surface area contributed by atoms with E-state index in [4.69, 9.17) is 14.2 Å². The summed E-state index contributed by atoms with van der Waals surface area (Å²) in [6.07, 6.45) is 0.697. The third-order valence-corrected chi connectivity index (χ3v) is 10.5. The fourth-order valence-electron chi connectivity index (χ4n) is 3.16. The molecule has 4 nitrogen and oxygen atoms in total. The average Bonchev–Trinajstić information content (AvgIpc) is 2.67. The van der Waals surface area contributed by atoms with Crippen molar-refractivity contribution in [2.45, 2.75) is 27.8 Å². The summed E-state index contributed by atoms with van der Waals surface area (Å²) >= 11 is 14.8. The van der Waals surface area contributed by atoms with Crippen LogP contribution in [0.3, 0.4) is 0 Å². The largest absolute Gasteiger partial charge is 0.466 e. The Hall–Kier alpha value is 1.05. The van der Waals surface area contributed by atoms with Gasteiger partial charge in [0.25, 0.3) is 0 Å². The standard InChI is InChI=1S/C12H14Br4O4/c1-6(17)20-5-7-4-10(15)8(13)9(14)11(7,16)12(10,18-2)19-3/h7H,4-5H2,1-3H3/t7-,10-,11+/m1/s1. The van der Waals surface area contributed by atoms with Crippen LogP contribution < -0.4 is 0 Å². The maximum atomic E-state index is 11.1. The molecule has 114 valence electrons. The summed E-state index contributed by atoms with van der Waals surface area (Å²) in [5, 5.41) is 0. The molecule has 0 spiro atoms. The van der Waals surface area contributed by atoms with Gasteiger partial charge in [0, 0.05) is 36.0 Å². The van der Waals surface area contributed by atoms with E-state index in [1.54, 1.807) is 14.2 Å². The zero-order valence-corrected chi connectivity index (χ0v) is 17.5. The van der Waals surface area contributed by atoms with Crippen LogP contribution in [0.4, 0.5) is 0 Å². The lowest BCUT2D eigenvalue weighted by Gasteiger charge is -2.42. The number of halogens is 4. The van der Waals surface area contributed by atoms with Crippen molar-refractivity contribution in [1.29, 1.82) is 0 Å². The lowest BCUT2D eigenvalue weighted by molar-refractivity contribution is -0.214. The highest BCUT2D eigenvalue weighted by Crippen LogP contribution is 2.73. The Kier molecular flexibility index (Phi) is 4.87. The quantitative estimate of drug-likeness (QED) is 0.308. The van der Waals surface area contributed by atoms with Crippen LogP contribution in [0.25, 0.3) is 0 Å². The van der Waals surface area contributed by atoms with Crippen LogP contribution in [0, 0.1) is 5.92 Å². The van der Waals surface area contributed by atoms with Gasteiger partial charge >= 0.3 is 5.97 Å². The highest BCUT2D eigenvalue weighted by atomic mass is 79.9. The second-order valence-electron chi connectivity index (χ2n) is 4.87. The number of hydrogen-bond donors (Lipinski definition) is 0. The monoisotopic (exact) mass is 538 g/mol. The molecule has 2 aliphatic rings. The molecule has 20 heavy (non-hydrogen) atoms. The van der Waals surface area contributed by atoms with Gasteiger partial charge in [0.15, 0.2) is 0 Å². The van der Waals surface area contributed by atoms with Crippen LogP contribution in [0.5, 0.6) is 0 Å². The number of carbonyl (C=O) groups is 1. The molecule has 0 N–H and O–H groups in total. The van der Waals surface area contributed by atoms with Gasteiger partial charge in [0.2, 0.25) is 5.79 Å².